The molecule has 3 heteroatoms. The van der Waals surface area contributed by atoms with Gasteiger partial charge in [-0.05, 0) is 24.5 Å². The molecule has 0 aromatic heterocycles. The van der Waals surface area contributed by atoms with Crippen molar-refractivity contribution in [2.45, 2.75) is 39.0 Å². The fraction of sp³-hybridized carbons (Fsp3) is 0.400. The van der Waals surface area contributed by atoms with Crippen molar-refractivity contribution >= 4 is 5.97 Å². The zero-order valence-corrected chi connectivity index (χ0v) is 12.7. The average molecular weight is 357 g/mol. The molecule has 0 spiro atoms. The second-order valence-electron chi connectivity index (χ2n) is 3.96. The molecule has 0 heterocycles. The Morgan fingerprint density at radius 2 is 2.06 bits per heavy atom. The molecule has 96 valence electrons. The molecular formula is C15H18IO2+. The molecule has 0 unspecified atom stereocenters. The summed E-state index contributed by atoms with van der Waals surface area (Å²) in [4.78, 5) is 11.0. The van der Waals surface area contributed by atoms with Crippen LogP contribution in [-0.4, -0.2) is 11.1 Å². The molecule has 0 saturated heterocycles. The summed E-state index contributed by atoms with van der Waals surface area (Å²) < 4.78 is 4.08. The van der Waals surface area contributed by atoms with Crippen molar-refractivity contribution in [3.63, 3.8) is 0 Å². The first-order valence-corrected chi connectivity index (χ1v) is 8.35. The van der Waals surface area contributed by atoms with Gasteiger partial charge in [-0.2, -0.15) is 0 Å². The van der Waals surface area contributed by atoms with E-state index >= 15 is 0 Å². The number of carboxylic acid groups (broad SMARTS) is 1. The van der Waals surface area contributed by atoms with E-state index in [4.69, 9.17) is 5.11 Å². The predicted octanol–water partition coefficient (Wildman–Crippen LogP) is 0.575. The van der Waals surface area contributed by atoms with Gasteiger partial charge in [0.1, 0.15) is 5.56 Å². The van der Waals surface area contributed by atoms with Crippen molar-refractivity contribution in [3.8, 4) is 9.85 Å². The monoisotopic (exact) mass is 357 g/mol. The van der Waals surface area contributed by atoms with Crippen molar-refractivity contribution in [1.82, 2.24) is 0 Å². The standard InChI is InChI=1S/C15H17IO2/c1-2-3-4-5-6-9-12-16-14-11-8-7-10-13(14)15(17)18/h7-8,10-11H,2-6H2,1H3/p+1. The third-order valence-electron chi connectivity index (χ3n) is 2.48. The fourth-order valence-corrected chi connectivity index (χ4v) is 3.33. The number of rotatable bonds is 6. The van der Waals surface area contributed by atoms with Gasteiger partial charge in [-0.25, -0.2) is 4.79 Å². The molecule has 0 atom stereocenters. The van der Waals surface area contributed by atoms with E-state index in [2.05, 4.69) is 16.8 Å². The van der Waals surface area contributed by atoms with Crippen molar-refractivity contribution in [2.75, 3.05) is 0 Å². The van der Waals surface area contributed by atoms with Gasteiger partial charge < -0.3 is 5.11 Å². The summed E-state index contributed by atoms with van der Waals surface area (Å²) in [6, 6.07) is 7.17. The van der Waals surface area contributed by atoms with Gasteiger partial charge in [0, 0.05) is 6.42 Å². The van der Waals surface area contributed by atoms with Crippen LogP contribution in [0.25, 0.3) is 0 Å². The van der Waals surface area contributed by atoms with Crippen molar-refractivity contribution in [1.29, 1.82) is 0 Å². The maximum absolute atomic E-state index is 11.0. The van der Waals surface area contributed by atoms with Gasteiger partial charge in [0.15, 0.2) is 3.93 Å². The Labute approximate surface area is 119 Å². The first kappa shape index (κ1) is 15.0. The summed E-state index contributed by atoms with van der Waals surface area (Å²) in [6.45, 7) is 2.19. The van der Waals surface area contributed by atoms with Crippen LogP contribution in [0, 0.1) is 13.4 Å². The quantitative estimate of drug-likeness (QED) is 0.459. The highest BCUT2D eigenvalue weighted by atomic mass is 127. The molecule has 1 aromatic carbocycles. The molecule has 0 aliphatic carbocycles. The van der Waals surface area contributed by atoms with E-state index in [1.807, 2.05) is 12.1 Å². The summed E-state index contributed by atoms with van der Waals surface area (Å²) in [5, 5.41) is 9.03. The van der Waals surface area contributed by atoms with E-state index in [0.29, 0.717) is 5.56 Å². The summed E-state index contributed by atoms with van der Waals surface area (Å²) in [5.74, 6) is 2.31. The van der Waals surface area contributed by atoms with Gasteiger partial charge in [-0.1, -0.05) is 38.3 Å². The van der Waals surface area contributed by atoms with Crippen LogP contribution >= 0.6 is 0 Å². The van der Waals surface area contributed by atoms with Gasteiger partial charge in [-0.15, -0.1) is 0 Å². The number of carboxylic acids is 1. The van der Waals surface area contributed by atoms with Crippen LogP contribution in [0.2, 0.25) is 0 Å². The second kappa shape index (κ2) is 8.98. The third-order valence-corrected chi connectivity index (χ3v) is 4.65. The van der Waals surface area contributed by atoms with E-state index in [1.54, 1.807) is 12.1 Å². The summed E-state index contributed by atoms with van der Waals surface area (Å²) in [5.41, 5.74) is 0.408. The minimum atomic E-state index is -0.852. The van der Waals surface area contributed by atoms with Crippen molar-refractivity contribution < 1.29 is 31.1 Å². The number of aromatic carboxylic acids is 1. The van der Waals surface area contributed by atoms with E-state index < -0.39 is 27.2 Å². The topological polar surface area (TPSA) is 37.3 Å². The summed E-state index contributed by atoms with van der Waals surface area (Å²) in [6.07, 6.45) is 5.86. The molecule has 0 aliphatic rings. The molecule has 2 nitrogen and oxygen atoms in total. The van der Waals surface area contributed by atoms with Crippen LogP contribution in [-0.2, 0) is 0 Å². The van der Waals surface area contributed by atoms with Crippen molar-refractivity contribution in [3.05, 3.63) is 33.4 Å². The number of hydrogen-bond acceptors (Lipinski definition) is 1. The van der Waals surface area contributed by atoms with E-state index in [0.717, 1.165) is 16.4 Å². The first-order chi connectivity index (χ1) is 8.75. The summed E-state index contributed by atoms with van der Waals surface area (Å²) in [7, 11) is 0. The normalized spacial score (nSPS) is 9.61. The average Bonchev–Trinajstić information content (AvgIpc) is 2.38. The molecule has 0 radical (unpaired) electrons. The highest BCUT2D eigenvalue weighted by Crippen LogP contribution is 2.00. The Kier molecular flexibility index (Phi) is 7.51. The fourth-order valence-electron chi connectivity index (χ4n) is 1.49. The van der Waals surface area contributed by atoms with Gasteiger partial charge in [-0.3, -0.25) is 0 Å². The lowest BCUT2D eigenvalue weighted by molar-refractivity contribution is -0.535. The van der Waals surface area contributed by atoms with Crippen LogP contribution in [0.3, 0.4) is 0 Å². The van der Waals surface area contributed by atoms with Crippen LogP contribution in [0.15, 0.2) is 24.3 Å². The zero-order valence-electron chi connectivity index (χ0n) is 10.6. The van der Waals surface area contributed by atoms with E-state index in [9.17, 15) is 4.79 Å². The summed E-state index contributed by atoms with van der Waals surface area (Å²) >= 11 is -0.497. The minimum Gasteiger partial charge on any atom is -0.478 e. The Balaban J connectivity index is 2.44. The Morgan fingerprint density at radius 3 is 2.78 bits per heavy atom. The minimum absolute atomic E-state index is 0.408. The molecule has 0 fully saturated rings. The highest BCUT2D eigenvalue weighted by Gasteiger charge is 2.19. The van der Waals surface area contributed by atoms with E-state index in [-0.39, 0.29) is 0 Å². The van der Waals surface area contributed by atoms with Crippen molar-refractivity contribution in [2.24, 2.45) is 0 Å². The molecule has 1 aromatic rings. The van der Waals surface area contributed by atoms with Crippen LogP contribution < -0.4 is 21.2 Å². The van der Waals surface area contributed by atoms with Gasteiger partial charge in [0.25, 0.3) is 0 Å². The smallest absolute Gasteiger partial charge is 0.420 e. The van der Waals surface area contributed by atoms with Gasteiger partial charge in [0.05, 0.1) is 0 Å². The number of halogens is 1. The molecule has 0 saturated carbocycles. The number of carbonyl (C=O) groups is 1. The number of benzene rings is 1. The third kappa shape index (κ3) is 5.54. The lowest BCUT2D eigenvalue weighted by Crippen LogP contribution is -3.59. The maximum Gasteiger partial charge on any atom is 0.420 e. The second-order valence-corrected chi connectivity index (χ2v) is 6.20. The van der Waals surface area contributed by atoms with Gasteiger partial charge in [0.2, 0.25) is 3.57 Å². The molecule has 0 amide bonds. The molecule has 18 heavy (non-hydrogen) atoms. The molecule has 0 bridgehead atoms. The zero-order chi connectivity index (χ0) is 13.2. The van der Waals surface area contributed by atoms with Gasteiger partial charge >= 0.3 is 27.2 Å². The van der Waals surface area contributed by atoms with Crippen LogP contribution in [0.1, 0.15) is 49.4 Å². The Hall–Kier alpha value is -1.02. The maximum atomic E-state index is 11.0. The lowest BCUT2D eigenvalue weighted by atomic mass is 10.2. The Bertz CT molecular complexity index is 443. The number of hydrogen-bond donors (Lipinski definition) is 1. The SMILES string of the molecule is CCCCCCC#C[I+]c1ccccc1C(=O)O. The first-order valence-electron chi connectivity index (χ1n) is 6.19. The van der Waals surface area contributed by atoms with E-state index in [1.165, 1.54) is 19.3 Å². The molecule has 0 aliphatic heterocycles. The predicted molar refractivity (Wildman–Crippen MR) is 68.6 cm³/mol. The highest BCUT2D eigenvalue weighted by molar-refractivity contribution is 5.87. The van der Waals surface area contributed by atoms with Crippen LogP contribution in [0.4, 0.5) is 0 Å². The van der Waals surface area contributed by atoms with Crippen LogP contribution in [0.5, 0.6) is 0 Å². The molecule has 1 rings (SSSR count). The Morgan fingerprint density at radius 1 is 1.28 bits per heavy atom. The lowest BCUT2D eigenvalue weighted by Gasteiger charge is -1.91. The largest absolute Gasteiger partial charge is 0.478 e. The molecule has 1 N–H and O–H groups in total. The number of unbranched alkanes of at least 4 members (excludes halogenated alkanes) is 4. The molecular weight excluding hydrogens is 339 g/mol.